The number of hydrogen-bond acceptors (Lipinski definition) is 4. The maximum absolute atomic E-state index is 12.4. The van der Waals surface area contributed by atoms with Gasteiger partial charge in [0.15, 0.2) is 0 Å². The number of nitrogens with one attached hydrogen (secondary N) is 1. The molecular formula is C12H16F3N3OS. The first-order valence-corrected chi connectivity index (χ1v) is 6.82. The maximum Gasteiger partial charge on any atom is 0.417 e. The molecule has 0 aliphatic heterocycles. The molecule has 1 aromatic rings. The predicted molar refractivity (Wildman–Crippen MR) is 71.2 cm³/mol. The van der Waals surface area contributed by atoms with Gasteiger partial charge in [0.1, 0.15) is 0 Å². The van der Waals surface area contributed by atoms with Gasteiger partial charge in [0.2, 0.25) is 5.91 Å². The zero-order valence-electron chi connectivity index (χ0n) is 11.1. The molecule has 0 aliphatic rings. The first-order valence-electron chi connectivity index (χ1n) is 5.84. The highest BCUT2D eigenvalue weighted by molar-refractivity contribution is 7.99. The average Bonchev–Trinajstić information content (AvgIpc) is 2.37. The number of aromatic nitrogens is 1. The molecule has 8 heteroatoms. The number of amides is 1. The van der Waals surface area contributed by atoms with Crippen molar-refractivity contribution in [2.75, 3.05) is 12.8 Å². The minimum Gasteiger partial charge on any atom is -0.368 e. The van der Waals surface area contributed by atoms with Gasteiger partial charge in [-0.05, 0) is 32.5 Å². The van der Waals surface area contributed by atoms with Gasteiger partial charge in [-0.3, -0.25) is 4.79 Å². The van der Waals surface area contributed by atoms with Gasteiger partial charge in [0.05, 0.1) is 16.1 Å². The van der Waals surface area contributed by atoms with E-state index < -0.39 is 23.2 Å². The predicted octanol–water partition coefficient (Wildman–Crippen LogP) is 2.05. The molecule has 0 saturated heterocycles. The van der Waals surface area contributed by atoms with Crippen LogP contribution in [0.4, 0.5) is 13.2 Å². The Morgan fingerprint density at radius 2 is 2.10 bits per heavy atom. The first kappa shape index (κ1) is 16.8. The number of halogens is 3. The number of carbonyl (C=O) groups is 1. The molecule has 20 heavy (non-hydrogen) atoms. The fraction of sp³-hybridized carbons (Fsp3) is 0.500. The first-order chi connectivity index (χ1) is 9.19. The van der Waals surface area contributed by atoms with Gasteiger partial charge in [-0.15, -0.1) is 11.8 Å². The lowest BCUT2D eigenvalue weighted by molar-refractivity contribution is -0.137. The van der Waals surface area contributed by atoms with E-state index in [1.165, 1.54) is 17.8 Å². The van der Waals surface area contributed by atoms with Crippen LogP contribution in [0, 0.1) is 0 Å². The van der Waals surface area contributed by atoms with Crippen molar-refractivity contribution >= 4 is 17.7 Å². The molecule has 1 rings (SSSR count). The van der Waals surface area contributed by atoms with Gasteiger partial charge in [0.25, 0.3) is 0 Å². The zero-order valence-corrected chi connectivity index (χ0v) is 11.9. The molecule has 3 N–H and O–H groups in total. The Kier molecular flexibility index (Phi) is 5.41. The Morgan fingerprint density at radius 1 is 1.45 bits per heavy atom. The molecule has 1 heterocycles. The van der Waals surface area contributed by atoms with Crippen molar-refractivity contribution < 1.29 is 18.0 Å². The highest BCUT2D eigenvalue weighted by Gasteiger charge is 2.31. The highest BCUT2D eigenvalue weighted by atomic mass is 32.2. The second-order valence-corrected chi connectivity index (χ2v) is 5.54. The Bertz CT molecular complexity index is 464. The molecule has 0 aliphatic carbocycles. The van der Waals surface area contributed by atoms with Crippen LogP contribution in [0.15, 0.2) is 23.4 Å². The number of nitrogens with zero attached hydrogens (tertiary/aromatic N) is 1. The third-order valence-corrected chi connectivity index (χ3v) is 3.96. The van der Waals surface area contributed by atoms with Crippen molar-refractivity contribution in [1.29, 1.82) is 0 Å². The number of rotatable bonds is 6. The topological polar surface area (TPSA) is 68.0 Å². The molecule has 1 amide bonds. The lowest BCUT2D eigenvalue weighted by Gasteiger charge is -2.24. The van der Waals surface area contributed by atoms with Crippen molar-refractivity contribution in [3.05, 3.63) is 23.9 Å². The molecule has 1 unspecified atom stereocenters. The minimum absolute atomic E-state index is 0.451. The van der Waals surface area contributed by atoms with E-state index in [4.69, 9.17) is 5.73 Å². The smallest absolute Gasteiger partial charge is 0.368 e. The van der Waals surface area contributed by atoms with E-state index in [2.05, 4.69) is 10.3 Å². The summed E-state index contributed by atoms with van der Waals surface area (Å²) in [6.45, 7) is 1.68. The van der Waals surface area contributed by atoms with E-state index in [0.29, 0.717) is 17.2 Å². The van der Waals surface area contributed by atoms with Crippen LogP contribution in [0.25, 0.3) is 0 Å². The van der Waals surface area contributed by atoms with Crippen molar-refractivity contribution in [1.82, 2.24) is 10.3 Å². The molecule has 112 valence electrons. The number of carbonyl (C=O) groups excluding carboxylic acids is 1. The molecular weight excluding hydrogens is 291 g/mol. The van der Waals surface area contributed by atoms with Gasteiger partial charge in [0, 0.05) is 11.9 Å². The van der Waals surface area contributed by atoms with E-state index in [1.54, 1.807) is 14.0 Å². The molecule has 0 bridgehead atoms. The van der Waals surface area contributed by atoms with Gasteiger partial charge in [-0.25, -0.2) is 4.98 Å². The van der Waals surface area contributed by atoms with E-state index >= 15 is 0 Å². The van der Waals surface area contributed by atoms with E-state index in [-0.39, 0.29) is 0 Å². The molecule has 0 radical (unpaired) electrons. The Labute approximate surface area is 119 Å². The summed E-state index contributed by atoms with van der Waals surface area (Å²) in [6.07, 6.45) is -3.13. The standard InChI is InChI=1S/C12H16F3N3OS/c1-11(17-2,10(16)19)5-6-20-9-4-3-8(7-18-9)12(13,14)15/h3-4,7,17H,5-6H2,1-2H3,(H2,16,19). The number of primary amides is 1. The monoisotopic (exact) mass is 307 g/mol. The average molecular weight is 307 g/mol. The van der Waals surface area contributed by atoms with Crippen LogP contribution in [0.2, 0.25) is 0 Å². The van der Waals surface area contributed by atoms with Crippen molar-refractivity contribution in [3.8, 4) is 0 Å². The third kappa shape index (κ3) is 4.38. The number of pyridine rings is 1. The normalized spacial score (nSPS) is 14.8. The number of likely N-dealkylation sites (N-methyl/N-ethyl adjacent to an activating group) is 1. The summed E-state index contributed by atoms with van der Waals surface area (Å²) in [5.41, 5.74) is 3.66. The minimum atomic E-state index is -4.38. The highest BCUT2D eigenvalue weighted by Crippen LogP contribution is 2.29. The Balaban J connectivity index is 2.57. The van der Waals surface area contributed by atoms with Crippen LogP contribution in [0.1, 0.15) is 18.9 Å². The fourth-order valence-electron chi connectivity index (χ4n) is 1.36. The van der Waals surface area contributed by atoms with Crippen LogP contribution in [0.3, 0.4) is 0 Å². The van der Waals surface area contributed by atoms with Crippen LogP contribution in [0.5, 0.6) is 0 Å². The van der Waals surface area contributed by atoms with Crippen LogP contribution < -0.4 is 11.1 Å². The van der Waals surface area contributed by atoms with Crippen LogP contribution >= 0.6 is 11.8 Å². The van der Waals surface area contributed by atoms with Gasteiger partial charge < -0.3 is 11.1 Å². The summed E-state index contributed by atoms with van der Waals surface area (Å²) in [5, 5.41) is 3.31. The summed E-state index contributed by atoms with van der Waals surface area (Å²) in [7, 11) is 1.63. The third-order valence-electron chi connectivity index (χ3n) is 3.01. The Hall–Kier alpha value is -1.28. The van der Waals surface area contributed by atoms with Crippen molar-refractivity contribution in [3.63, 3.8) is 0 Å². The van der Waals surface area contributed by atoms with Crippen molar-refractivity contribution in [2.45, 2.75) is 30.1 Å². The molecule has 0 saturated carbocycles. The van der Waals surface area contributed by atoms with Crippen molar-refractivity contribution in [2.24, 2.45) is 5.73 Å². The number of hydrogen-bond donors (Lipinski definition) is 2. The van der Waals surface area contributed by atoms with Crippen LogP contribution in [-0.4, -0.2) is 29.2 Å². The number of thioether (sulfide) groups is 1. The molecule has 0 spiro atoms. The van der Waals surface area contributed by atoms with E-state index in [1.807, 2.05) is 0 Å². The number of alkyl halides is 3. The summed E-state index contributed by atoms with van der Waals surface area (Å²) in [6, 6.07) is 2.30. The molecule has 4 nitrogen and oxygen atoms in total. The summed E-state index contributed by atoms with van der Waals surface area (Å²) >= 11 is 1.27. The number of nitrogens with two attached hydrogens (primary N) is 1. The quantitative estimate of drug-likeness (QED) is 0.789. The largest absolute Gasteiger partial charge is 0.417 e. The van der Waals surface area contributed by atoms with Gasteiger partial charge in [-0.1, -0.05) is 0 Å². The lowest BCUT2D eigenvalue weighted by Crippen LogP contribution is -2.51. The SMILES string of the molecule is CNC(C)(CCSc1ccc(C(F)(F)F)cn1)C(N)=O. The Morgan fingerprint density at radius 3 is 2.50 bits per heavy atom. The molecule has 0 aromatic carbocycles. The maximum atomic E-state index is 12.4. The second kappa shape index (κ2) is 6.45. The summed E-state index contributed by atoms with van der Waals surface area (Å²) in [4.78, 5) is 15.0. The van der Waals surface area contributed by atoms with Gasteiger partial charge >= 0.3 is 6.18 Å². The molecule has 0 fully saturated rings. The lowest BCUT2D eigenvalue weighted by atomic mass is 9.99. The summed E-state index contributed by atoms with van der Waals surface area (Å²) in [5.74, 6) is 0.0412. The second-order valence-electron chi connectivity index (χ2n) is 4.43. The summed E-state index contributed by atoms with van der Waals surface area (Å²) < 4.78 is 37.1. The van der Waals surface area contributed by atoms with Crippen LogP contribution in [-0.2, 0) is 11.0 Å². The molecule has 1 atom stereocenters. The van der Waals surface area contributed by atoms with E-state index in [0.717, 1.165) is 12.3 Å². The van der Waals surface area contributed by atoms with E-state index in [9.17, 15) is 18.0 Å². The zero-order chi connectivity index (χ0) is 15.4. The fourth-order valence-corrected chi connectivity index (χ4v) is 2.38. The van der Waals surface area contributed by atoms with Gasteiger partial charge in [-0.2, -0.15) is 13.2 Å². The molecule has 1 aromatic heterocycles.